The summed E-state index contributed by atoms with van der Waals surface area (Å²) in [7, 11) is 0. The monoisotopic (exact) mass is 386 g/mol. The molecule has 0 aliphatic heterocycles. The molecule has 0 saturated heterocycles. The van der Waals surface area contributed by atoms with Crippen molar-refractivity contribution in [3.63, 3.8) is 0 Å². The number of nitrogens with zero attached hydrogens (tertiary/aromatic N) is 3. The van der Waals surface area contributed by atoms with Gasteiger partial charge in [-0.25, -0.2) is 9.50 Å². The molecule has 6 heteroatoms. The molecule has 1 amide bonds. The van der Waals surface area contributed by atoms with Gasteiger partial charge in [0.1, 0.15) is 0 Å². The highest BCUT2D eigenvalue weighted by Crippen LogP contribution is 2.22. The van der Waals surface area contributed by atoms with Crippen molar-refractivity contribution in [1.82, 2.24) is 14.6 Å². The molecule has 1 aromatic carbocycles. The van der Waals surface area contributed by atoms with Gasteiger partial charge in [-0.1, -0.05) is 12.1 Å². The molecule has 5 nitrogen and oxygen atoms in total. The average Bonchev–Trinajstić information content (AvgIpc) is 2.90. The lowest BCUT2D eigenvalue weighted by atomic mass is 10.1. The number of benzene rings is 1. The van der Waals surface area contributed by atoms with E-state index in [0.29, 0.717) is 12.8 Å². The predicted octanol–water partition coefficient (Wildman–Crippen LogP) is 3.99. The molecule has 2 aromatic heterocycles. The van der Waals surface area contributed by atoms with Gasteiger partial charge >= 0.3 is 0 Å². The molecule has 0 bridgehead atoms. The van der Waals surface area contributed by atoms with Gasteiger partial charge in [-0.15, -0.1) is 0 Å². The Balaban J connectivity index is 1.76. The van der Waals surface area contributed by atoms with Crippen molar-refractivity contribution < 1.29 is 4.79 Å². The summed E-state index contributed by atoms with van der Waals surface area (Å²) in [6.45, 7) is 5.96. The zero-order valence-electron chi connectivity index (χ0n) is 13.9. The first-order valence-corrected chi connectivity index (χ1v) is 8.62. The van der Waals surface area contributed by atoms with Crippen LogP contribution in [-0.2, 0) is 11.2 Å². The molecule has 124 valence electrons. The van der Waals surface area contributed by atoms with Gasteiger partial charge in [-0.3, -0.25) is 4.79 Å². The molecule has 24 heavy (non-hydrogen) atoms. The molecule has 0 aliphatic rings. The summed E-state index contributed by atoms with van der Waals surface area (Å²) in [6, 6.07) is 9.55. The molecule has 0 atom stereocenters. The molecule has 0 spiro atoms. The van der Waals surface area contributed by atoms with E-state index in [9.17, 15) is 4.79 Å². The molecule has 1 N–H and O–H groups in total. The van der Waals surface area contributed by atoms with Crippen LogP contribution in [0.5, 0.6) is 0 Å². The third-order valence-corrected chi connectivity index (χ3v) is 4.73. The van der Waals surface area contributed by atoms with Gasteiger partial charge < -0.3 is 5.32 Å². The fraction of sp³-hybridized carbons (Fsp3) is 0.278. The van der Waals surface area contributed by atoms with E-state index in [2.05, 4.69) is 31.3 Å². The van der Waals surface area contributed by atoms with Crippen molar-refractivity contribution in [2.45, 2.75) is 33.6 Å². The first-order valence-electron chi connectivity index (χ1n) is 7.82. The van der Waals surface area contributed by atoms with E-state index in [1.165, 1.54) is 0 Å². The quantitative estimate of drug-likeness (QED) is 0.737. The minimum Gasteiger partial charge on any atom is -0.325 e. The van der Waals surface area contributed by atoms with Crippen LogP contribution in [0.4, 0.5) is 5.69 Å². The number of fused-ring (bicyclic) bond motifs is 1. The summed E-state index contributed by atoms with van der Waals surface area (Å²) in [5.41, 5.74) is 5.64. The molecule has 0 radical (unpaired) electrons. The van der Waals surface area contributed by atoms with Crippen LogP contribution in [0.1, 0.15) is 29.1 Å². The number of anilines is 1. The maximum absolute atomic E-state index is 12.3. The number of nitrogens with one attached hydrogen (secondary N) is 1. The van der Waals surface area contributed by atoms with Crippen molar-refractivity contribution in [3.05, 3.63) is 57.4 Å². The van der Waals surface area contributed by atoms with Gasteiger partial charge in [-0.05, 0) is 60.8 Å². The third kappa shape index (κ3) is 3.33. The fourth-order valence-corrected chi connectivity index (χ4v) is 3.20. The number of rotatable bonds is 4. The highest BCUT2D eigenvalue weighted by molar-refractivity contribution is 9.10. The lowest BCUT2D eigenvalue weighted by Crippen LogP contribution is -2.14. The van der Waals surface area contributed by atoms with E-state index in [-0.39, 0.29) is 5.91 Å². The lowest BCUT2D eigenvalue weighted by Gasteiger charge is -2.11. The number of halogens is 1. The second-order valence-corrected chi connectivity index (χ2v) is 6.70. The van der Waals surface area contributed by atoms with Crippen molar-refractivity contribution in [3.8, 4) is 0 Å². The molecule has 2 heterocycles. The smallest absolute Gasteiger partial charge is 0.224 e. The van der Waals surface area contributed by atoms with Crippen LogP contribution in [0.25, 0.3) is 5.65 Å². The second-order valence-electron chi connectivity index (χ2n) is 5.84. The third-order valence-electron chi connectivity index (χ3n) is 4.04. The zero-order chi connectivity index (χ0) is 17.3. The average molecular weight is 387 g/mol. The molecule has 0 aliphatic carbocycles. The number of amides is 1. The number of carbonyl (C=O) groups is 1. The highest BCUT2D eigenvalue weighted by atomic mass is 79.9. The topological polar surface area (TPSA) is 59.3 Å². The first kappa shape index (κ1) is 16.6. The predicted molar refractivity (Wildman–Crippen MR) is 98.3 cm³/mol. The van der Waals surface area contributed by atoms with Crippen molar-refractivity contribution >= 4 is 33.2 Å². The van der Waals surface area contributed by atoms with E-state index in [0.717, 1.165) is 38.5 Å². The standard InChI is InChI=1S/C18H19BrN4O/c1-11-10-17-20-12(2)14(13(3)23(17)22-11)8-9-18(24)21-16-7-5-4-6-15(16)19/h4-7,10H,8-9H2,1-3H3,(H,21,24). The maximum Gasteiger partial charge on any atom is 0.224 e. The molecule has 0 saturated carbocycles. The minimum absolute atomic E-state index is 0.0163. The summed E-state index contributed by atoms with van der Waals surface area (Å²) in [5, 5.41) is 7.40. The van der Waals surface area contributed by atoms with Crippen molar-refractivity contribution in [1.29, 1.82) is 0 Å². The van der Waals surface area contributed by atoms with Crippen molar-refractivity contribution in [2.24, 2.45) is 0 Å². The Morgan fingerprint density at radius 2 is 2.00 bits per heavy atom. The van der Waals surface area contributed by atoms with Crippen LogP contribution in [0.15, 0.2) is 34.8 Å². The fourth-order valence-electron chi connectivity index (χ4n) is 2.82. The van der Waals surface area contributed by atoms with Gasteiger partial charge in [0.05, 0.1) is 11.4 Å². The Bertz CT molecular complexity index is 917. The lowest BCUT2D eigenvalue weighted by molar-refractivity contribution is -0.116. The Morgan fingerprint density at radius 3 is 2.75 bits per heavy atom. The number of aromatic nitrogens is 3. The van der Waals surface area contributed by atoms with Crippen molar-refractivity contribution in [2.75, 3.05) is 5.32 Å². The summed E-state index contributed by atoms with van der Waals surface area (Å²) in [6.07, 6.45) is 1.03. The van der Waals surface area contributed by atoms with Gasteiger partial charge in [0.15, 0.2) is 5.65 Å². The van der Waals surface area contributed by atoms with Crippen LogP contribution < -0.4 is 5.32 Å². The summed E-state index contributed by atoms with van der Waals surface area (Å²) in [4.78, 5) is 16.8. The Labute approximate surface area is 149 Å². The Hall–Kier alpha value is -2.21. The van der Waals surface area contributed by atoms with Crippen LogP contribution >= 0.6 is 15.9 Å². The number of hydrogen-bond donors (Lipinski definition) is 1. The normalized spacial score (nSPS) is 11.0. The first-order chi connectivity index (χ1) is 11.5. The van der Waals surface area contributed by atoms with E-state index in [1.54, 1.807) is 0 Å². The van der Waals surface area contributed by atoms with E-state index >= 15 is 0 Å². The minimum atomic E-state index is -0.0163. The molecule has 3 rings (SSSR count). The largest absolute Gasteiger partial charge is 0.325 e. The number of hydrogen-bond acceptors (Lipinski definition) is 3. The van der Waals surface area contributed by atoms with Crippen LogP contribution in [-0.4, -0.2) is 20.5 Å². The summed E-state index contributed by atoms with van der Waals surface area (Å²) in [5.74, 6) is -0.0163. The van der Waals surface area contributed by atoms with E-state index in [4.69, 9.17) is 0 Å². The zero-order valence-corrected chi connectivity index (χ0v) is 15.5. The summed E-state index contributed by atoms with van der Waals surface area (Å²) >= 11 is 3.44. The molecule has 0 fully saturated rings. The molecule has 3 aromatic rings. The molecule has 0 unspecified atom stereocenters. The van der Waals surface area contributed by atoms with Gasteiger partial charge in [0, 0.05) is 28.3 Å². The van der Waals surface area contributed by atoms with E-state index in [1.807, 2.05) is 55.6 Å². The number of aryl methyl sites for hydroxylation is 3. The van der Waals surface area contributed by atoms with Gasteiger partial charge in [-0.2, -0.15) is 5.10 Å². The molecular formula is C18H19BrN4O. The van der Waals surface area contributed by atoms with Gasteiger partial charge in [0.2, 0.25) is 5.91 Å². The highest BCUT2D eigenvalue weighted by Gasteiger charge is 2.13. The van der Waals surface area contributed by atoms with Crippen LogP contribution in [0.2, 0.25) is 0 Å². The summed E-state index contributed by atoms with van der Waals surface area (Å²) < 4.78 is 2.73. The second kappa shape index (κ2) is 6.73. The van der Waals surface area contributed by atoms with Crippen LogP contribution in [0.3, 0.4) is 0 Å². The number of para-hydroxylation sites is 1. The SMILES string of the molecule is Cc1cc2nc(C)c(CCC(=O)Nc3ccccc3Br)c(C)n2n1. The molecular weight excluding hydrogens is 368 g/mol. The van der Waals surface area contributed by atoms with Crippen LogP contribution in [0, 0.1) is 20.8 Å². The number of carbonyl (C=O) groups excluding carboxylic acids is 1. The maximum atomic E-state index is 12.3. The van der Waals surface area contributed by atoms with Gasteiger partial charge in [0.25, 0.3) is 0 Å². The Kier molecular flexibility index (Phi) is 4.66. The Morgan fingerprint density at radius 1 is 1.25 bits per heavy atom. The van der Waals surface area contributed by atoms with E-state index < -0.39 is 0 Å².